The Bertz CT molecular complexity index is 2990. The highest BCUT2D eigenvalue weighted by Gasteiger charge is 2.25. The Morgan fingerprint density at radius 2 is 0.855 bits per heavy atom. The van der Waals surface area contributed by atoms with E-state index in [0.717, 1.165) is 50.1 Å². The van der Waals surface area contributed by atoms with Crippen LogP contribution in [0.1, 0.15) is 0 Å². The van der Waals surface area contributed by atoms with Gasteiger partial charge in [-0.15, -0.1) is 0 Å². The first-order chi connectivity index (χ1) is 27.3. The van der Waals surface area contributed by atoms with Crippen molar-refractivity contribution in [2.75, 3.05) is 4.90 Å². The summed E-state index contributed by atoms with van der Waals surface area (Å²) >= 11 is 1.83. The number of rotatable bonds is 5. The Kier molecular flexibility index (Phi) is 7.46. The zero-order chi connectivity index (χ0) is 36.3. The number of furan rings is 1. The van der Waals surface area contributed by atoms with Gasteiger partial charge in [-0.3, -0.25) is 0 Å². The highest BCUT2D eigenvalue weighted by Crippen LogP contribution is 2.52. The molecule has 55 heavy (non-hydrogen) atoms. The summed E-state index contributed by atoms with van der Waals surface area (Å²) in [6.45, 7) is 0. The van der Waals surface area contributed by atoms with E-state index >= 15 is 0 Å². The third-order valence-electron chi connectivity index (χ3n) is 10.9. The Hall–Kier alpha value is -6.81. The molecule has 0 bridgehead atoms. The molecule has 0 amide bonds. The van der Waals surface area contributed by atoms with Gasteiger partial charge in [0.25, 0.3) is 0 Å². The van der Waals surface area contributed by atoms with Crippen molar-refractivity contribution in [3.63, 3.8) is 0 Å². The molecule has 0 unspecified atom stereocenters. The summed E-state index contributed by atoms with van der Waals surface area (Å²) in [4.78, 5) is 4.91. The van der Waals surface area contributed by atoms with Crippen LogP contribution in [0.15, 0.2) is 214 Å². The van der Waals surface area contributed by atoms with Gasteiger partial charge in [0.05, 0.1) is 11.4 Å². The van der Waals surface area contributed by atoms with E-state index in [2.05, 4.69) is 205 Å². The molecular weight excluding hydrogens is 687 g/mol. The first-order valence-electron chi connectivity index (χ1n) is 18.7. The smallest absolute Gasteiger partial charge is 0.143 e. The normalized spacial score (nSPS) is 12.3. The summed E-state index contributed by atoms with van der Waals surface area (Å²) < 4.78 is 7.02. The van der Waals surface area contributed by atoms with E-state index in [1.807, 2.05) is 11.8 Å². The largest absolute Gasteiger partial charge is 0.455 e. The van der Waals surface area contributed by atoms with E-state index < -0.39 is 0 Å². The predicted molar refractivity (Wildman–Crippen MR) is 232 cm³/mol. The highest BCUT2D eigenvalue weighted by molar-refractivity contribution is 7.99. The first-order valence-corrected chi connectivity index (χ1v) is 19.5. The van der Waals surface area contributed by atoms with Crippen LogP contribution in [0.4, 0.5) is 17.1 Å². The van der Waals surface area contributed by atoms with Crippen molar-refractivity contribution in [2.45, 2.75) is 9.79 Å². The quantitative estimate of drug-likeness (QED) is 0.165. The summed E-state index contributed by atoms with van der Waals surface area (Å²) in [7, 11) is 0. The number of nitrogens with zero attached hydrogens (tertiary/aromatic N) is 1. The van der Waals surface area contributed by atoms with Crippen LogP contribution in [0.5, 0.6) is 0 Å². The fourth-order valence-electron chi connectivity index (χ4n) is 8.27. The number of benzene rings is 9. The monoisotopic (exact) mass is 719 g/mol. The molecule has 0 spiro atoms. The standard InChI is InChI=1S/C52H33NOS/c1-3-13-37(14-4-1)49-50-43-18-8-7-17-41(43)42-32-29-39(33-44(42)52(50)54-51(49)38-15-5-2-6-16-38)36-25-23-34(24-26-36)35-27-30-40(31-28-35)53-45-19-9-11-21-47(45)55-48-22-12-10-20-46(48)53/h1-33H. The van der Waals surface area contributed by atoms with Gasteiger partial charge in [0.1, 0.15) is 11.3 Å². The van der Waals surface area contributed by atoms with Crippen molar-refractivity contribution < 1.29 is 4.42 Å². The highest BCUT2D eigenvalue weighted by atomic mass is 32.2. The van der Waals surface area contributed by atoms with Gasteiger partial charge in [0.2, 0.25) is 0 Å². The number of fused-ring (bicyclic) bond motifs is 8. The first kappa shape index (κ1) is 31.7. The topological polar surface area (TPSA) is 16.4 Å². The number of para-hydroxylation sites is 2. The zero-order valence-electron chi connectivity index (χ0n) is 29.8. The molecule has 3 heteroatoms. The Morgan fingerprint density at radius 1 is 0.364 bits per heavy atom. The summed E-state index contributed by atoms with van der Waals surface area (Å²) in [6.07, 6.45) is 0. The number of anilines is 3. The lowest BCUT2D eigenvalue weighted by atomic mass is 9.91. The van der Waals surface area contributed by atoms with Gasteiger partial charge < -0.3 is 9.32 Å². The third kappa shape index (κ3) is 5.27. The average molecular weight is 720 g/mol. The van der Waals surface area contributed by atoms with Crippen LogP contribution in [0, 0.1) is 0 Å². The van der Waals surface area contributed by atoms with Gasteiger partial charge in [-0.25, -0.2) is 0 Å². The molecule has 0 fully saturated rings. The molecule has 10 aromatic rings. The maximum atomic E-state index is 7.02. The molecule has 9 aromatic carbocycles. The molecular formula is C52H33NOS. The molecule has 0 atom stereocenters. The maximum Gasteiger partial charge on any atom is 0.143 e. The fourth-order valence-corrected chi connectivity index (χ4v) is 9.33. The van der Waals surface area contributed by atoms with Crippen molar-refractivity contribution >= 4 is 61.3 Å². The lowest BCUT2D eigenvalue weighted by Gasteiger charge is -2.32. The Labute approximate surface area is 323 Å². The molecule has 258 valence electrons. The third-order valence-corrected chi connectivity index (χ3v) is 12.0. The van der Waals surface area contributed by atoms with E-state index in [1.165, 1.54) is 54.0 Å². The van der Waals surface area contributed by atoms with Crippen LogP contribution < -0.4 is 4.90 Å². The van der Waals surface area contributed by atoms with Crippen LogP contribution in [0.25, 0.3) is 77.2 Å². The van der Waals surface area contributed by atoms with Gasteiger partial charge in [-0.1, -0.05) is 169 Å². The maximum absolute atomic E-state index is 7.02. The molecule has 11 rings (SSSR count). The molecule has 0 aliphatic carbocycles. The summed E-state index contributed by atoms with van der Waals surface area (Å²) in [5.74, 6) is 0.896. The van der Waals surface area contributed by atoms with E-state index in [9.17, 15) is 0 Å². The second-order valence-electron chi connectivity index (χ2n) is 14.0. The van der Waals surface area contributed by atoms with E-state index in [4.69, 9.17) is 4.42 Å². The molecule has 0 radical (unpaired) electrons. The SMILES string of the molecule is c1ccc(-c2oc3c4cc(-c5ccc(-c6ccc(N7c8ccccc8Sc8ccccc87)cc6)cc5)ccc4c4ccccc4c3c2-c2ccccc2)cc1. The summed E-state index contributed by atoms with van der Waals surface area (Å²) in [6, 6.07) is 71.9. The lowest BCUT2D eigenvalue weighted by Crippen LogP contribution is -2.14. The van der Waals surface area contributed by atoms with Crippen LogP contribution in [0.2, 0.25) is 0 Å². The fraction of sp³-hybridized carbons (Fsp3) is 0. The van der Waals surface area contributed by atoms with Crippen molar-refractivity contribution in [1.82, 2.24) is 0 Å². The molecule has 1 aliphatic rings. The lowest BCUT2D eigenvalue weighted by molar-refractivity contribution is 0.636. The zero-order valence-corrected chi connectivity index (χ0v) is 30.6. The van der Waals surface area contributed by atoms with E-state index in [-0.39, 0.29) is 0 Å². The number of hydrogen-bond donors (Lipinski definition) is 0. The second-order valence-corrected chi connectivity index (χ2v) is 15.1. The Morgan fingerprint density at radius 3 is 1.51 bits per heavy atom. The second kappa shape index (κ2) is 12.9. The molecule has 2 heterocycles. The van der Waals surface area contributed by atoms with Gasteiger partial charge >= 0.3 is 0 Å². The van der Waals surface area contributed by atoms with Gasteiger partial charge in [0, 0.05) is 37.4 Å². The molecule has 0 saturated heterocycles. The number of hydrogen-bond acceptors (Lipinski definition) is 3. The van der Waals surface area contributed by atoms with Crippen molar-refractivity contribution in [3.8, 4) is 44.7 Å². The Balaban J connectivity index is 0.996. The van der Waals surface area contributed by atoms with Gasteiger partial charge in [-0.05, 0) is 86.4 Å². The van der Waals surface area contributed by atoms with E-state index in [0.29, 0.717) is 0 Å². The van der Waals surface area contributed by atoms with Gasteiger partial charge in [0.15, 0.2) is 0 Å². The van der Waals surface area contributed by atoms with E-state index in [1.54, 1.807) is 0 Å². The molecule has 1 aromatic heterocycles. The van der Waals surface area contributed by atoms with Crippen LogP contribution in [-0.2, 0) is 0 Å². The molecule has 0 N–H and O–H groups in total. The van der Waals surface area contributed by atoms with Gasteiger partial charge in [-0.2, -0.15) is 0 Å². The van der Waals surface area contributed by atoms with Crippen molar-refractivity contribution in [3.05, 3.63) is 200 Å². The minimum Gasteiger partial charge on any atom is -0.455 e. The summed E-state index contributed by atoms with van der Waals surface area (Å²) in [5, 5.41) is 5.88. The van der Waals surface area contributed by atoms with Crippen LogP contribution >= 0.6 is 11.8 Å². The summed E-state index contributed by atoms with van der Waals surface area (Å²) in [5.41, 5.74) is 12.5. The minimum atomic E-state index is 0.896. The molecule has 0 saturated carbocycles. The predicted octanol–water partition coefficient (Wildman–Crippen LogP) is 15.3. The minimum absolute atomic E-state index is 0.896. The average Bonchev–Trinajstić information content (AvgIpc) is 3.68. The van der Waals surface area contributed by atoms with Crippen molar-refractivity contribution in [1.29, 1.82) is 0 Å². The van der Waals surface area contributed by atoms with Crippen LogP contribution in [-0.4, -0.2) is 0 Å². The molecule has 2 nitrogen and oxygen atoms in total. The van der Waals surface area contributed by atoms with Crippen LogP contribution in [0.3, 0.4) is 0 Å². The molecule has 1 aliphatic heterocycles. The van der Waals surface area contributed by atoms with Crippen molar-refractivity contribution in [2.24, 2.45) is 0 Å².